The fourth-order valence-corrected chi connectivity index (χ4v) is 2.68. The van der Waals surface area contributed by atoms with Crippen LogP contribution in [0.4, 0.5) is 4.79 Å². The maximum Gasteiger partial charge on any atom is 0.408 e. The Balaban J connectivity index is 1.97. The van der Waals surface area contributed by atoms with E-state index < -0.39 is 17.7 Å². The van der Waals surface area contributed by atoms with Gasteiger partial charge in [-0.1, -0.05) is 0 Å². The van der Waals surface area contributed by atoms with Crippen molar-refractivity contribution in [1.82, 2.24) is 5.32 Å². The molecule has 2 rings (SSSR count). The molecule has 0 fully saturated rings. The average molecular weight is 253 g/mol. The number of Topliss-reactive ketones (excluding diaryl/α,β-unsaturated/α-hetero) is 1. The van der Waals surface area contributed by atoms with Gasteiger partial charge in [0.25, 0.3) is 0 Å². The summed E-state index contributed by atoms with van der Waals surface area (Å²) in [5.41, 5.74) is 0.470. The summed E-state index contributed by atoms with van der Waals surface area (Å²) in [4.78, 5) is 24.2. The summed E-state index contributed by atoms with van der Waals surface area (Å²) in [6, 6.07) is 1.46. The highest BCUT2D eigenvalue weighted by atomic mass is 32.1. The van der Waals surface area contributed by atoms with Crippen molar-refractivity contribution in [2.45, 2.75) is 38.8 Å². The van der Waals surface area contributed by atoms with Gasteiger partial charge in [-0.15, -0.1) is 11.3 Å². The number of carbonyl (C=O) groups excluding carboxylic acids is 2. The molecule has 1 unspecified atom stereocenters. The quantitative estimate of drug-likeness (QED) is 0.836. The highest BCUT2D eigenvalue weighted by Gasteiger charge is 2.33. The van der Waals surface area contributed by atoms with Crippen molar-refractivity contribution in [3.05, 3.63) is 21.9 Å². The number of hydrogen-bond acceptors (Lipinski definition) is 4. The van der Waals surface area contributed by atoms with Gasteiger partial charge in [0.05, 0.1) is 4.88 Å². The van der Waals surface area contributed by atoms with Crippen LogP contribution >= 0.6 is 11.3 Å². The molecule has 1 N–H and O–H groups in total. The van der Waals surface area contributed by atoms with Crippen molar-refractivity contribution >= 4 is 23.2 Å². The number of ether oxygens (including phenoxy) is 1. The van der Waals surface area contributed by atoms with Gasteiger partial charge in [-0.25, -0.2) is 4.79 Å². The number of ketones is 1. The van der Waals surface area contributed by atoms with E-state index in [0.717, 1.165) is 10.4 Å². The monoisotopic (exact) mass is 253 g/mol. The summed E-state index contributed by atoms with van der Waals surface area (Å²) < 4.78 is 5.12. The molecule has 1 atom stereocenters. The molecule has 0 radical (unpaired) electrons. The number of nitrogens with one attached hydrogen (secondary N) is 1. The third kappa shape index (κ3) is 2.66. The van der Waals surface area contributed by atoms with E-state index in [1.54, 1.807) is 20.8 Å². The lowest BCUT2D eigenvalue weighted by Crippen LogP contribution is -2.42. The first-order valence-corrected chi connectivity index (χ1v) is 6.35. The molecule has 4 nitrogen and oxygen atoms in total. The normalized spacial score (nSPS) is 19.0. The van der Waals surface area contributed by atoms with Crippen LogP contribution in [0, 0.1) is 0 Å². The van der Waals surface area contributed by atoms with E-state index >= 15 is 0 Å². The van der Waals surface area contributed by atoms with Crippen molar-refractivity contribution < 1.29 is 14.3 Å². The molecule has 0 aromatic carbocycles. The molecule has 92 valence electrons. The maximum atomic E-state index is 11.9. The van der Waals surface area contributed by atoms with E-state index in [4.69, 9.17) is 4.74 Å². The van der Waals surface area contributed by atoms with Crippen molar-refractivity contribution in [3.8, 4) is 0 Å². The second-order valence-electron chi connectivity index (χ2n) is 5.04. The highest BCUT2D eigenvalue weighted by Crippen LogP contribution is 2.27. The highest BCUT2D eigenvalue weighted by molar-refractivity contribution is 7.12. The molecular weight excluding hydrogens is 238 g/mol. The molecule has 0 saturated heterocycles. The smallest absolute Gasteiger partial charge is 0.408 e. The van der Waals surface area contributed by atoms with E-state index in [-0.39, 0.29) is 5.78 Å². The lowest BCUT2D eigenvalue weighted by molar-refractivity contribution is 0.0495. The van der Waals surface area contributed by atoms with Gasteiger partial charge in [-0.05, 0) is 37.8 Å². The third-order valence-electron chi connectivity index (χ3n) is 2.40. The summed E-state index contributed by atoms with van der Waals surface area (Å²) in [7, 11) is 0. The number of hydrogen-bond donors (Lipinski definition) is 1. The zero-order valence-electron chi connectivity index (χ0n) is 10.1. The first-order chi connectivity index (χ1) is 7.87. The Hall–Kier alpha value is -1.36. The molecule has 0 bridgehead atoms. The van der Waals surface area contributed by atoms with Gasteiger partial charge in [-0.3, -0.25) is 4.79 Å². The minimum Gasteiger partial charge on any atom is -0.444 e. The van der Waals surface area contributed by atoms with Crippen molar-refractivity contribution in [1.29, 1.82) is 0 Å². The molecule has 1 aromatic rings. The van der Waals surface area contributed by atoms with Gasteiger partial charge >= 0.3 is 6.09 Å². The second kappa shape index (κ2) is 4.14. The average Bonchev–Trinajstić information content (AvgIpc) is 2.69. The molecular formula is C12H15NO3S. The minimum absolute atomic E-state index is 0.0131. The van der Waals surface area contributed by atoms with E-state index in [9.17, 15) is 9.59 Å². The summed E-state index contributed by atoms with van der Waals surface area (Å²) in [5, 5.41) is 4.51. The van der Waals surface area contributed by atoms with Crippen LogP contribution in [0.25, 0.3) is 0 Å². The van der Waals surface area contributed by atoms with Gasteiger partial charge in [0.1, 0.15) is 11.6 Å². The zero-order chi connectivity index (χ0) is 12.6. The van der Waals surface area contributed by atoms with Gasteiger partial charge in [0.2, 0.25) is 0 Å². The fourth-order valence-electron chi connectivity index (χ4n) is 1.75. The SMILES string of the molecule is CC(C)(C)OC(=O)NC1Cc2ccsc2C1=O. The Kier molecular flexibility index (Phi) is 2.95. The molecule has 0 aliphatic heterocycles. The van der Waals surface area contributed by atoms with E-state index in [0.29, 0.717) is 6.42 Å². The van der Waals surface area contributed by atoms with E-state index in [1.165, 1.54) is 11.3 Å². The molecule has 5 heteroatoms. The predicted octanol–water partition coefficient (Wildman–Crippen LogP) is 2.38. The molecule has 0 spiro atoms. The molecule has 1 amide bonds. The summed E-state index contributed by atoms with van der Waals surface area (Å²) in [6.45, 7) is 5.37. The largest absolute Gasteiger partial charge is 0.444 e. The van der Waals surface area contributed by atoms with Crippen LogP contribution in [0.1, 0.15) is 36.0 Å². The first kappa shape index (κ1) is 12.1. The standard InChI is InChI=1S/C12H15NO3S/c1-12(2,3)16-11(15)13-8-6-7-4-5-17-10(7)9(8)14/h4-5,8H,6H2,1-3H3,(H,13,15). The van der Waals surface area contributed by atoms with Crippen molar-refractivity contribution in [3.63, 3.8) is 0 Å². The Morgan fingerprint density at radius 3 is 2.82 bits per heavy atom. The summed E-state index contributed by atoms with van der Waals surface area (Å²) in [5.74, 6) is -0.0131. The summed E-state index contributed by atoms with van der Waals surface area (Å²) in [6.07, 6.45) is 0.0303. The number of alkyl carbamates (subject to hydrolysis) is 1. The Morgan fingerprint density at radius 2 is 2.24 bits per heavy atom. The molecule has 17 heavy (non-hydrogen) atoms. The Bertz CT molecular complexity index is 459. The van der Waals surface area contributed by atoms with Gasteiger partial charge < -0.3 is 10.1 Å². The van der Waals surface area contributed by atoms with E-state index in [2.05, 4.69) is 5.32 Å². The maximum absolute atomic E-state index is 11.9. The lowest BCUT2D eigenvalue weighted by atomic mass is 10.2. The molecule has 0 saturated carbocycles. The van der Waals surface area contributed by atoms with Gasteiger partial charge in [0.15, 0.2) is 5.78 Å². The number of amides is 1. The van der Waals surface area contributed by atoms with E-state index in [1.807, 2.05) is 11.4 Å². The lowest BCUT2D eigenvalue weighted by Gasteiger charge is -2.21. The van der Waals surface area contributed by atoms with Crippen molar-refractivity contribution in [2.75, 3.05) is 0 Å². The number of carbonyl (C=O) groups is 2. The van der Waals surface area contributed by atoms with Gasteiger partial charge in [-0.2, -0.15) is 0 Å². The van der Waals surface area contributed by atoms with Crippen LogP contribution < -0.4 is 5.32 Å². The van der Waals surface area contributed by atoms with Crippen LogP contribution in [-0.2, 0) is 11.2 Å². The second-order valence-corrected chi connectivity index (χ2v) is 5.96. The Labute approximate surface area is 104 Å². The van der Waals surface area contributed by atoms with Crippen molar-refractivity contribution in [2.24, 2.45) is 0 Å². The number of rotatable bonds is 1. The zero-order valence-corrected chi connectivity index (χ0v) is 10.9. The molecule has 1 aliphatic rings. The predicted molar refractivity (Wildman–Crippen MR) is 65.5 cm³/mol. The van der Waals surface area contributed by atoms with Gasteiger partial charge in [0, 0.05) is 6.42 Å². The molecule has 1 aliphatic carbocycles. The van der Waals surface area contributed by atoms with Crippen LogP contribution in [0.15, 0.2) is 11.4 Å². The minimum atomic E-state index is -0.545. The van der Waals surface area contributed by atoms with Crippen LogP contribution in [0.5, 0.6) is 0 Å². The number of fused-ring (bicyclic) bond motifs is 1. The number of thiophene rings is 1. The molecule has 1 heterocycles. The summed E-state index contributed by atoms with van der Waals surface area (Å²) >= 11 is 1.42. The first-order valence-electron chi connectivity index (χ1n) is 5.47. The third-order valence-corrected chi connectivity index (χ3v) is 3.37. The van der Waals surface area contributed by atoms with Crippen LogP contribution in [0.3, 0.4) is 0 Å². The van der Waals surface area contributed by atoms with Crippen LogP contribution in [0.2, 0.25) is 0 Å². The van der Waals surface area contributed by atoms with Crippen LogP contribution in [-0.4, -0.2) is 23.5 Å². The fraction of sp³-hybridized carbons (Fsp3) is 0.500. The Morgan fingerprint density at radius 1 is 1.53 bits per heavy atom. The molecule has 1 aromatic heterocycles. The topological polar surface area (TPSA) is 55.4 Å².